The van der Waals surface area contributed by atoms with Crippen molar-refractivity contribution >= 4 is 42.1 Å². The van der Waals surface area contributed by atoms with E-state index in [0.717, 1.165) is 19.5 Å². The predicted molar refractivity (Wildman–Crippen MR) is 89.2 cm³/mol. The second-order valence-electron chi connectivity index (χ2n) is 4.93. The monoisotopic (exact) mass is 339 g/mol. The summed E-state index contributed by atoms with van der Waals surface area (Å²) in [6, 6.07) is 4.45. The Kier molecular flexibility index (Phi) is 9.42. The fraction of sp³-hybridized carbons (Fsp3) is 0.615. The van der Waals surface area contributed by atoms with Crippen molar-refractivity contribution in [3.05, 3.63) is 22.4 Å². The summed E-state index contributed by atoms with van der Waals surface area (Å²) < 4.78 is 0. The van der Waals surface area contributed by atoms with Crippen LogP contribution in [0.15, 0.2) is 17.5 Å². The van der Waals surface area contributed by atoms with E-state index in [2.05, 4.69) is 33.0 Å². The first-order valence-corrected chi connectivity index (χ1v) is 7.24. The standard InChI is InChI=1S/C13H21N3OS.2ClH/c1-16(2)11(12-4-3-7-18-12)9-15-13(17)10-5-6-14-8-10;;/h3-4,7,10-11,14H,5-6,8-9H2,1-2H3,(H,15,17);2*1H. The zero-order valence-electron chi connectivity index (χ0n) is 11.8. The molecule has 1 aliphatic rings. The number of carbonyl (C=O) groups excluding carboxylic acids is 1. The van der Waals surface area contributed by atoms with Crippen molar-refractivity contribution in [2.24, 2.45) is 5.92 Å². The van der Waals surface area contributed by atoms with Crippen LogP contribution in [-0.2, 0) is 4.79 Å². The van der Waals surface area contributed by atoms with E-state index in [9.17, 15) is 4.79 Å². The Labute approximate surface area is 137 Å². The number of halogens is 2. The fourth-order valence-electron chi connectivity index (χ4n) is 2.24. The van der Waals surface area contributed by atoms with Gasteiger partial charge in [0.1, 0.15) is 0 Å². The van der Waals surface area contributed by atoms with E-state index in [1.165, 1.54) is 4.88 Å². The molecule has 1 aromatic heterocycles. The largest absolute Gasteiger partial charge is 0.354 e. The van der Waals surface area contributed by atoms with Crippen LogP contribution in [0.4, 0.5) is 0 Å². The maximum absolute atomic E-state index is 12.0. The Hall–Kier alpha value is -0.330. The molecule has 0 saturated carbocycles. The van der Waals surface area contributed by atoms with E-state index < -0.39 is 0 Å². The molecule has 0 radical (unpaired) electrons. The number of nitrogens with one attached hydrogen (secondary N) is 2. The summed E-state index contributed by atoms with van der Waals surface area (Å²) in [7, 11) is 4.10. The Morgan fingerprint density at radius 2 is 2.30 bits per heavy atom. The van der Waals surface area contributed by atoms with Gasteiger partial charge in [0, 0.05) is 18.0 Å². The van der Waals surface area contributed by atoms with Gasteiger partial charge >= 0.3 is 0 Å². The number of hydrogen-bond donors (Lipinski definition) is 2. The van der Waals surface area contributed by atoms with Crippen molar-refractivity contribution in [1.29, 1.82) is 0 Å². The van der Waals surface area contributed by atoms with Gasteiger partial charge in [-0.15, -0.1) is 36.2 Å². The summed E-state index contributed by atoms with van der Waals surface area (Å²) >= 11 is 1.74. The molecule has 0 aliphatic carbocycles. The van der Waals surface area contributed by atoms with Gasteiger partial charge in [0.15, 0.2) is 0 Å². The van der Waals surface area contributed by atoms with Crippen LogP contribution in [0.3, 0.4) is 0 Å². The SMILES string of the molecule is CN(C)C(CNC(=O)C1CCNC1)c1cccs1.Cl.Cl. The quantitative estimate of drug-likeness (QED) is 0.861. The van der Waals surface area contributed by atoms with Crippen LogP contribution in [-0.4, -0.2) is 44.5 Å². The average molecular weight is 340 g/mol. The molecule has 2 N–H and O–H groups in total. The van der Waals surface area contributed by atoms with Crippen LogP contribution in [0.2, 0.25) is 0 Å². The van der Waals surface area contributed by atoms with Crippen LogP contribution >= 0.6 is 36.2 Å². The van der Waals surface area contributed by atoms with E-state index in [4.69, 9.17) is 0 Å². The molecule has 2 atom stereocenters. The maximum atomic E-state index is 12.0. The number of likely N-dealkylation sites (N-methyl/N-ethyl adjacent to an activating group) is 1. The molecule has 1 fully saturated rings. The van der Waals surface area contributed by atoms with Crippen molar-refractivity contribution in [1.82, 2.24) is 15.5 Å². The minimum atomic E-state index is 0. The molecule has 1 saturated heterocycles. The fourth-order valence-corrected chi connectivity index (χ4v) is 3.16. The lowest BCUT2D eigenvalue weighted by atomic mass is 10.1. The van der Waals surface area contributed by atoms with Crippen LogP contribution in [0.25, 0.3) is 0 Å². The first kappa shape index (κ1) is 19.7. The summed E-state index contributed by atoms with van der Waals surface area (Å²) in [4.78, 5) is 15.4. The van der Waals surface area contributed by atoms with E-state index in [0.29, 0.717) is 6.54 Å². The highest BCUT2D eigenvalue weighted by Gasteiger charge is 2.23. The zero-order chi connectivity index (χ0) is 13.0. The molecule has 2 unspecified atom stereocenters. The molecule has 1 aliphatic heterocycles. The molecule has 0 spiro atoms. The van der Waals surface area contributed by atoms with Crippen LogP contribution in [0, 0.1) is 5.92 Å². The summed E-state index contributed by atoms with van der Waals surface area (Å²) in [6.45, 7) is 2.46. The van der Waals surface area contributed by atoms with Crippen LogP contribution < -0.4 is 10.6 Å². The topological polar surface area (TPSA) is 44.4 Å². The van der Waals surface area contributed by atoms with Gasteiger partial charge in [-0.1, -0.05) is 6.07 Å². The number of carbonyl (C=O) groups is 1. The summed E-state index contributed by atoms with van der Waals surface area (Å²) in [5.41, 5.74) is 0. The van der Waals surface area contributed by atoms with Gasteiger partial charge < -0.3 is 15.5 Å². The lowest BCUT2D eigenvalue weighted by Crippen LogP contribution is -2.38. The summed E-state index contributed by atoms with van der Waals surface area (Å²) in [5.74, 6) is 0.333. The normalized spacial score (nSPS) is 19.1. The van der Waals surface area contributed by atoms with E-state index in [1.807, 2.05) is 14.1 Å². The molecule has 2 heterocycles. The summed E-state index contributed by atoms with van der Waals surface area (Å²) in [6.07, 6.45) is 0.956. The molecule has 2 rings (SSSR count). The molecular weight excluding hydrogens is 317 g/mol. The van der Waals surface area contributed by atoms with Gasteiger partial charge in [-0.05, 0) is 38.5 Å². The molecule has 116 valence electrons. The smallest absolute Gasteiger partial charge is 0.224 e. The third-order valence-corrected chi connectivity index (χ3v) is 4.37. The average Bonchev–Trinajstić information content (AvgIpc) is 3.01. The number of hydrogen-bond acceptors (Lipinski definition) is 4. The molecule has 4 nitrogen and oxygen atoms in total. The van der Waals surface area contributed by atoms with E-state index in [1.54, 1.807) is 11.3 Å². The molecule has 1 aromatic rings. The number of nitrogens with zero attached hydrogens (tertiary/aromatic N) is 1. The first-order valence-electron chi connectivity index (χ1n) is 6.36. The number of rotatable bonds is 5. The van der Waals surface area contributed by atoms with Gasteiger partial charge in [-0.3, -0.25) is 4.79 Å². The summed E-state index contributed by atoms with van der Waals surface area (Å²) in [5, 5.41) is 8.38. The molecule has 20 heavy (non-hydrogen) atoms. The second-order valence-corrected chi connectivity index (χ2v) is 5.91. The van der Waals surface area contributed by atoms with Crippen molar-refractivity contribution in [2.75, 3.05) is 33.7 Å². The molecular formula is C13H23Cl2N3OS. The molecule has 1 amide bonds. The van der Waals surface area contributed by atoms with Crippen molar-refractivity contribution < 1.29 is 4.79 Å². The van der Waals surface area contributed by atoms with Crippen LogP contribution in [0.5, 0.6) is 0 Å². The lowest BCUT2D eigenvalue weighted by molar-refractivity contribution is -0.124. The van der Waals surface area contributed by atoms with Gasteiger partial charge in [0.05, 0.1) is 12.0 Å². The van der Waals surface area contributed by atoms with Gasteiger partial charge in [0.2, 0.25) is 5.91 Å². The second kappa shape index (κ2) is 9.58. The zero-order valence-corrected chi connectivity index (χ0v) is 14.2. The Bertz CT molecular complexity index is 381. The third kappa shape index (κ3) is 5.22. The van der Waals surface area contributed by atoms with Crippen molar-refractivity contribution in [2.45, 2.75) is 12.5 Å². The third-order valence-electron chi connectivity index (χ3n) is 3.40. The van der Waals surface area contributed by atoms with Crippen molar-refractivity contribution in [3.8, 4) is 0 Å². The lowest BCUT2D eigenvalue weighted by Gasteiger charge is -2.24. The number of thiophene rings is 1. The van der Waals surface area contributed by atoms with E-state index in [-0.39, 0.29) is 42.7 Å². The van der Waals surface area contributed by atoms with Crippen molar-refractivity contribution in [3.63, 3.8) is 0 Å². The molecule has 0 aromatic carbocycles. The molecule has 7 heteroatoms. The Morgan fingerprint density at radius 1 is 1.55 bits per heavy atom. The Balaban J connectivity index is 0.00000180. The number of amides is 1. The highest BCUT2D eigenvalue weighted by atomic mass is 35.5. The highest BCUT2D eigenvalue weighted by molar-refractivity contribution is 7.10. The molecule has 0 bridgehead atoms. The highest BCUT2D eigenvalue weighted by Crippen LogP contribution is 2.22. The van der Waals surface area contributed by atoms with Crippen LogP contribution in [0.1, 0.15) is 17.3 Å². The van der Waals surface area contributed by atoms with Gasteiger partial charge in [-0.25, -0.2) is 0 Å². The van der Waals surface area contributed by atoms with Gasteiger partial charge in [0.25, 0.3) is 0 Å². The van der Waals surface area contributed by atoms with Gasteiger partial charge in [-0.2, -0.15) is 0 Å². The minimum Gasteiger partial charge on any atom is -0.354 e. The minimum absolute atomic E-state index is 0. The van der Waals surface area contributed by atoms with E-state index >= 15 is 0 Å². The Morgan fingerprint density at radius 3 is 2.80 bits per heavy atom. The predicted octanol–water partition coefficient (Wildman–Crippen LogP) is 1.92. The first-order chi connectivity index (χ1) is 8.68. The maximum Gasteiger partial charge on any atom is 0.224 e.